The van der Waals surface area contributed by atoms with E-state index in [0.717, 1.165) is 12.3 Å². The molecule has 18 heavy (non-hydrogen) atoms. The van der Waals surface area contributed by atoms with Gasteiger partial charge in [-0.3, -0.25) is 9.59 Å². The van der Waals surface area contributed by atoms with Gasteiger partial charge < -0.3 is 10.0 Å². The number of aliphatic carboxylic acids is 1. The average molecular weight is 271 g/mol. The molecule has 2 aliphatic rings. The third-order valence-corrected chi connectivity index (χ3v) is 5.86. The monoisotopic (exact) mass is 271 g/mol. The smallest absolute Gasteiger partial charge is 0.307 e. The number of hydrogen-bond donors (Lipinski definition) is 1. The molecule has 1 N–H and O–H groups in total. The second kappa shape index (κ2) is 4.44. The molecule has 2 rings (SSSR count). The first-order valence-electron chi connectivity index (χ1n) is 6.43. The van der Waals surface area contributed by atoms with Gasteiger partial charge in [-0.15, -0.1) is 0 Å². The van der Waals surface area contributed by atoms with Crippen LogP contribution in [0, 0.1) is 17.3 Å². The molecule has 1 saturated heterocycles. The summed E-state index contributed by atoms with van der Waals surface area (Å²) in [6, 6.07) is 0.196. The van der Waals surface area contributed by atoms with Crippen LogP contribution in [0.15, 0.2) is 0 Å². The van der Waals surface area contributed by atoms with Crippen LogP contribution < -0.4 is 0 Å². The Hall–Kier alpha value is -0.710. The normalized spacial score (nSPS) is 38.3. The lowest BCUT2D eigenvalue weighted by Crippen LogP contribution is -2.49. The standard InChI is InChI=1S/C13H21NO3S/c1-7-8(2)18-6-5-14(7)11(15)9-10(12(16)17)13(9,3)4/h7-10H,5-6H2,1-4H3,(H,16,17)/t7?,8?,9-,10+/m1/s1. The molecule has 1 amide bonds. The van der Waals surface area contributed by atoms with E-state index in [4.69, 9.17) is 5.11 Å². The second-order valence-electron chi connectivity index (χ2n) is 5.96. The minimum absolute atomic E-state index is 0.0343. The fourth-order valence-electron chi connectivity index (χ4n) is 2.98. The van der Waals surface area contributed by atoms with Crippen LogP contribution in [0.1, 0.15) is 27.7 Å². The summed E-state index contributed by atoms with van der Waals surface area (Å²) in [5.74, 6) is -0.713. The molecule has 0 spiro atoms. The number of carboxylic acids is 1. The van der Waals surface area contributed by atoms with Crippen molar-refractivity contribution < 1.29 is 14.7 Å². The van der Waals surface area contributed by atoms with E-state index in [1.54, 1.807) is 0 Å². The maximum atomic E-state index is 12.5. The zero-order valence-corrected chi connectivity index (χ0v) is 12.2. The largest absolute Gasteiger partial charge is 0.481 e. The molecule has 1 saturated carbocycles. The van der Waals surface area contributed by atoms with Gasteiger partial charge in [0.1, 0.15) is 0 Å². The van der Waals surface area contributed by atoms with Crippen molar-refractivity contribution in [3.05, 3.63) is 0 Å². The Morgan fingerprint density at radius 2 is 1.89 bits per heavy atom. The lowest BCUT2D eigenvalue weighted by Gasteiger charge is -2.38. The molecule has 0 aromatic rings. The topological polar surface area (TPSA) is 57.6 Å². The minimum Gasteiger partial charge on any atom is -0.481 e. The lowest BCUT2D eigenvalue weighted by atomic mass is 10.1. The molecule has 1 aliphatic heterocycles. The van der Waals surface area contributed by atoms with Crippen molar-refractivity contribution in [2.45, 2.75) is 39.0 Å². The molecule has 0 aromatic heterocycles. The van der Waals surface area contributed by atoms with E-state index in [0.29, 0.717) is 5.25 Å². The van der Waals surface area contributed by atoms with Gasteiger partial charge in [-0.2, -0.15) is 11.8 Å². The third-order valence-electron chi connectivity index (χ3n) is 4.53. The van der Waals surface area contributed by atoms with Crippen LogP contribution in [0.4, 0.5) is 0 Å². The van der Waals surface area contributed by atoms with Gasteiger partial charge in [0.2, 0.25) is 5.91 Å². The van der Waals surface area contributed by atoms with Gasteiger partial charge in [0.25, 0.3) is 0 Å². The van der Waals surface area contributed by atoms with Crippen molar-refractivity contribution in [2.75, 3.05) is 12.3 Å². The van der Waals surface area contributed by atoms with Gasteiger partial charge in [0, 0.05) is 23.6 Å². The summed E-state index contributed by atoms with van der Waals surface area (Å²) in [5.41, 5.74) is -0.392. The summed E-state index contributed by atoms with van der Waals surface area (Å²) < 4.78 is 0. The summed E-state index contributed by atoms with van der Waals surface area (Å²) in [4.78, 5) is 25.5. The Balaban J connectivity index is 2.11. The molecule has 102 valence electrons. The first-order chi connectivity index (χ1) is 8.28. The van der Waals surface area contributed by atoms with Crippen LogP contribution in [-0.2, 0) is 9.59 Å². The molecule has 2 unspecified atom stereocenters. The fraction of sp³-hybridized carbons (Fsp3) is 0.846. The Labute approximate surface area is 112 Å². The minimum atomic E-state index is -0.842. The first-order valence-corrected chi connectivity index (χ1v) is 7.48. The lowest BCUT2D eigenvalue weighted by molar-refractivity contribution is -0.142. The van der Waals surface area contributed by atoms with Crippen LogP contribution in [-0.4, -0.2) is 45.5 Å². The van der Waals surface area contributed by atoms with E-state index in [-0.39, 0.29) is 17.9 Å². The Bertz CT molecular complexity index is 382. The van der Waals surface area contributed by atoms with Gasteiger partial charge >= 0.3 is 5.97 Å². The molecule has 1 heterocycles. The highest BCUT2D eigenvalue weighted by Crippen LogP contribution is 2.59. The number of carbonyl (C=O) groups is 2. The van der Waals surface area contributed by atoms with E-state index >= 15 is 0 Å². The van der Waals surface area contributed by atoms with Crippen molar-refractivity contribution in [3.63, 3.8) is 0 Å². The Morgan fingerprint density at radius 1 is 1.28 bits per heavy atom. The quantitative estimate of drug-likeness (QED) is 0.830. The second-order valence-corrected chi connectivity index (χ2v) is 7.45. The summed E-state index contributed by atoms with van der Waals surface area (Å²) in [6.07, 6.45) is 0. The highest BCUT2D eigenvalue weighted by Gasteiger charge is 2.66. The number of carboxylic acid groups (broad SMARTS) is 1. The summed E-state index contributed by atoms with van der Waals surface area (Å²) in [5, 5.41) is 9.57. The molecule has 4 nitrogen and oxygen atoms in total. The third kappa shape index (κ3) is 2.02. The van der Waals surface area contributed by atoms with Gasteiger partial charge in [0.15, 0.2) is 0 Å². The van der Waals surface area contributed by atoms with Crippen molar-refractivity contribution in [2.24, 2.45) is 17.3 Å². The first kappa shape index (κ1) is 13.7. The van der Waals surface area contributed by atoms with Gasteiger partial charge in [-0.1, -0.05) is 20.8 Å². The van der Waals surface area contributed by atoms with E-state index < -0.39 is 17.3 Å². The SMILES string of the molecule is CC1SCCN(C(=O)[C@H]2[C@@H](C(=O)O)C2(C)C)C1C. The van der Waals surface area contributed by atoms with Crippen LogP contribution in [0.25, 0.3) is 0 Å². The molecule has 2 fully saturated rings. The number of carbonyl (C=O) groups excluding carboxylic acids is 1. The number of nitrogens with zero attached hydrogens (tertiary/aromatic N) is 1. The molecule has 0 radical (unpaired) electrons. The predicted molar refractivity (Wildman–Crippen MR) is 71.5 cm³/mol. The maximum Gasteiger partial charge on any atom is 0.307 e. The maximum absolute atomic E-state index is 12.5. The van der Waals surface area contributed by atoms with E-state index in [9.17, 15) is 9.59 Å². The average Bonchev–Trinajstić information content (AvgIpc) is 2.85. The van der Waals surface area contributed by atoms with Crippen molar-refractivity contribution >= 4 is 23.6 Å². The summed E-state index contributed by atoms with van der Waals surface area (Å²) in [6.45, 7) is 8.68. The molecular weight excluding hydrogens is 250 g/mol. The molecule has 0 aromatic carbocycles. The Kier molecular flexibility index (Phi) is 3.38. The van der Waals surface area contributed by atoms with Gasteiger partial charge in [0.05, 0.1) is 11.8 Å². The van der Waals surface area contributed by atoms with E-state index in [2.05, 4.69) is 13.8 Å². The molecular formula is C13H21NO3S. The zero-order chi connectivity index (χ0) is 13.7. The van der Waals surface area contributed by atoms with Crippen LogP contribution in [0.5, 0.6) is 0 Å². The highest BCUT2D eigenvalue weighted by molar-refractivity contribution is 8.00. The number of hydrogen-bond acceptors (Lipinski definition) is 3. The number of rotatable bonds is 2. The summed E-state index contributed by atoms with van der Waals surface area (Å²) in [7, 11) is 0. The van der Waals surface area contributed by atoms with Crippen LogP contribution >= 0.6 is 11.8 Å². The zero-order valence-electron chi connectivity index (χ0n) is 11.3. The van der Waals surface area contributed by atoms with Crippen LogP contribution in [0.3, 0.4) is 0 Å². The Morgan fingerprint density at radius 3 is 2.39 bits per heavy atom. The molecule has 0 bridgehead atoms. The molecule has 5 heteroatoms. The van der Waals surface area contributed by atoms with Crippen molar-refractivity contribution in [1.29, 1.82) is 0 Å². The van der Waals surface area contributed by atoms with Crippen molar-refractivity contribution in [3.8, 4) is 0 Å². The van der Waals surface area contributed by atoms with Gasteiger partial charge in [-0.25, -0.2) is 0 Å². The molecule has 4 atom stereocenters. The number of amides is 1. The predicted octanol–water partition coefficient (Wildman–Crippen LogP) is 1.70. The fourth-order valence-corrected chi connectivity index (χ4v) is 4.08. The van der Waals surface area contributed by atoms with Gasteiger partial charge in [-0.05, 0) is 12.3 Å². The van der Waals surface area contributed by atoms with Crippen LogP contribution in [0.2, 0.25) is 0 Å². The van der Waals surface area contributed by atoms with Crippen molar-refractivity contribution in [1.82, 2.24) is 4.90 Å². The van der Waals surface area contributed by atoms with E-state index in [1.807, 2.05) is 30.5 Å². The molecule has 1 aliphatic carbocycles. The highest BCUT2D eigenvalue weighted by atomic mass is 32.2. The summed E-state index contributed by atoms with van der Waals surface area (Å²) >= 11 is 1.88. The van der Waals surface area contributed by atoms with E-state index in [1.165, 1.54) is 0 Å². The number of thioether (sulfide) groups is 1.